The molecule has 0 unspecified atom stereocenters. The van der Waals surface area contributed by atoms with Crippen LogP contribution in [0.4, 0.5) is 5.82 Å². The Balaban J connectivity index is 1.84. The summed E-state index contributed by atoms with van der Waals surface area (Å²) in [6.45, 7) is 4.31. The van der Waals surface area contributed by atoms with Gasteiger partial charge in [0.1, 0.15) is 17.0 Å². The summed E-state index contributed by atoms with van der Waals surface area (Å²) in [6, 6.07) is 0.513. The van der Waals surface area contributed by atoms with Crippen molar-refractivity contribution in [1.82, 2.24) is 19.2 Å². The number of piperidine rings is 1. The number of fused-ring (bicyclic) bond motifs is 1. The van der Waals surface area contributed by atoms with Gasteiger partial charge in [-0.3, -0.25) is 0 Å². The van der Waals surface area contributed by atoms with Crippen molar-refractivity contribution in [2.75, 3.05) is 25.5 Å². The lowest BCUT2D eigenvalue weighted by Gasteiger charge is -2.29. The van der Waals surface area contributed by atoms with Gasteiger partial charge in [0.05, 0.1) is 11.1 Å². The molecule has 6 heteroatoms. The minimum absolute atomic E-state index is 0.513. The average molecular weight is 263 g/mol. The number of aryl methyl sites for hydroxylation is 1. The topological polar surface area (TPSA) is 53.9 Å². The number of likely N-dealkylation sites (tertiary alicyclic amines) is 1. The molecule has 0 saturated carbocycles. The van der Waals surface area contributed by atoms with Gasteiger partial charge in [-0.25, -0.2) is 9.97 Å². The second-order valence-corrected chi connectivity index (χ2v) is 5.64. The third-order valence-electron chi connectivity index (χ3n) is 3.50. The first-order valence-corrected chi connectivity index (χ1v) is 7.03. The van der Waals surface area contributed by atoms with Crippen molar-refractivity contribution >= 4 is 27.6 Å². The molecule has 1 fully saturated rings. The van der Waals surface area contributed by atoms with Crippen LogP contribution in [0.2, 0.25) is 0 Å². The molecule has 2 aromatic heterocycles. The molecule has 3 heterocycles. The van der Waals surface area contributed by atoms with Crippen molar-refractivity contribution < 1.29 is 0 Å². The van der Waals surface area contributed by atoms with E-state index in [0.717, 1.165) is 34.8 Å². The molecule has 0 aromatic carbocycles. The van der Waals surface area contributed by atoms with Crippen LogP contribution in [0.5, 0.6) is 0 Å². The van der Waals surface area contributed by atoms with Gasteiger partial charge >= 0.3 is 0 Å². The minimum atomic E-state index is 0.513. The van der Waals surface area contributed by atoms with Gasteiger partial charge in [-0.05, 0) is 51.4 Å². The van der Waals surface area contributed by atoms with Gasteiger partial charge in [-0.15, -0.1) is 0 Å². The number of aromatic nitrogens is 3. The molecule has 0 aliphatic carbocycles. The molecule has 3 rings (SSSR count). The first kappa shape index (κ1) is 11.8. The molecule has 96 valence electrons. The smallest absolute Gasteiger partial charge is 0.149 e. The molecule has 1 aliphatic heterocycles. The van der Waals surface area contributed by atoms with E-state index in [1.165, 1.54) is 24.4 Å². The SMILES string of the molecule is Cc1nsc2ncnc(NC3CCN(C)CC3)c12. The summed E-state index contributed by atoms with van der Waals surface area (Å²) >= 11 is 1.44. The zero-order valence-electron chi connectivity index (χ0n) is 10.7. The van der Waals surface area contributed by atoms with Crippen LogP contribution in [0.3, 0.4) is 0 Å². The normalized spacial score (nSPS) is 18.3. The van der Waals surface area contributed by atoms with Gasteiger partial charge in [0, 0.05) is 6.04 Å². The Morgan fingerprint density at radius 1 is 1.33 bits per heavy atom. The van der Waals surface area contributed by atoms with Gasteiger partial charge < -0.3 is 10.2 Å². The minimum Gasteiger partial charge on any atom is -0.367 e. The summed E-state index contributed by atoms with van der Waals surface area (Å²) in [4.78, 5) is 12.0. The highest BCUT2D eigenvalue weighted by Crippen LogP contribution is 2.27. The number of hydrogen-bond donors (Lipinski definition) is 1. The summed E-state index contributed by atoms with van der Waals surface area (Å²) in [6.07, 6.45) is 3.95. The number of anilines is 1. The largest absolute Gasteiger partial charge is 0.367 e. The van der Waals surface area contributed by atoms with Crippen LogP contribution in [0.25, 0.3) is 10.2 Å². The first-order valence-electron chi connectivity index (χ1n) is 6.26. The van der Waals surface area contributed by atoms with E-state index >= 15 is 0 Å². The van der Waals surface area contributed by atoms with E-state index in [2.05, 4.69) is 31.6 Å². The Hall–Kier alpha value is -1.27. The highest BCUT2D eigenvalue weighted by molar-refractivity contribution is 7.13. The summed E-state index contributed by atoms with van der Waals surface area (Å²) in [7, 11) is 2.17. The molecule has 5 nitrogen and oxygen atoms in total. The van der Waals surface area contributed by atoms with Crippen LogP contribution in [0.15, 0.2) is 6.33 Å². The van der Waals surface area contributed by atoms with Gasteiger partial charge in [0.25, 0.3) is 0 Å². The predicted octanol–water partition coefficient (Wildman–Crippen LogP) is 1.90. The third kappa shape index (κ3) is 2.18. The van der Waals surface area contributed by atoms with Crippen LogP contribution in [0.1, 0.15) is 18.5 Å². The van der Waals surface area contributed by atoms with Crippen LogP contribution in [-0.4, -0.2) is 45.4 Å². The van der Waals surface area contributed by atoms with Crippen LogP contribution < -0.4 is 5.32 Å². The van der Waals surface area contributed by atoms with E-state index in [9.17, 15) is 0 Å². The maximum Gasteiger partial charge on any atom is 0.149 e. The second kappa shape index (κ2) is 4.78. The zero-order valence-corrected chi connectivity index (χ0v) is 11.5. The third-order valence-corrected chi connectivity index (χ3v) is 4.35. The maximum atomic E-state index is 4.38. The quantitative estimate of drug-likeness (QED) is 0.897. The molecule has 0 bridgehead atoms. The van der Waals surface area contributed by atoms with Crippen molar-refractivity contribution in [2.24, 2.45) is 0 Å². The van der Waals surface area contributed by atoms with E-state index in [-0.39, 0.29) is 0 Å². The van der Waals surface area contributed by atoms with E-state index in [0.29, 0.717) is 6.04 Å². The van der Waals surface area contributed by atoms with Crippen molar-refractivity contribution in [3.8, 4) is 0 Å². The molecular weight excluding hydrogens is 246 g/mol. The predicted molar refractivity (Wildman–Crippen MR) is 74.1 cm³/mol. The molecule has 18 heavy (non-hydrogen) atoms. The van der Waals surface area contributed by atoms with E-state index in [1.807, 2.05) is 6.92 Å². The highest BCUT2D eigenvalue weighted by atomic mass is 32.1. The fourth-order valence-electron chi connectivity index (χ4n) is 2.38. The monoisotopic (exact) mass is 263 g/mol. The van der Waals surface area contributed by atoms with Crippen molar-refractivity contribution in [1.29, 1.82) is 0 Å². The van der Waals surface area contributed by atoms with Crippen LogP contribution >= 0.6 is 11.5 Å². The lowest BCUT2D eigenvalue weighted by Crippen LogP contribution is -2.36. The first-order chi connectivity index (χ1) is 8.74. The molecule has 0 spiro atoms. The van der Waals surface area contributed by atoms with Gasteiger partial charge in [0.2, 0.25) is 0 Å². The highest BCUT2D eigenvalue weighted by Gasteiger charge is 2.18. The summed E-state index contributed by atoms with van der Waals surface area (Å²) in [5.41, 5.74) is 1.02. The Morgan fingerprint density at radius 3 is 2.89 bits per heavy atom. The van der Waals surface area contributed by atoms with Crippen molar-refractivity contribution in [3.05, 3.63) is 12.0 Å². The average Bonchev–Trinajstić information content (AvgIpc) is 2.75. The zero-order chi connectivity index (χ0) is 12.5. The Bertz CT molecular complexity index is 544. The van der Waals surface area contributed by atoms with E-state index < -0.39 is 0 Å². The van der Waals surface area contributed by atoms with Gasteiger partial charge in [-0.2, -0.15) is 4.37 Å². The fourth-order valence-corrected chi connectivity index (χ4v) is 3.12. The van der Waals surface area contributed by atoms with Crippen LogP contribution in [0, 0.1) is 6.92 Å². The molecule has 2 aromatic rings. The lowest BCUT2D eigenvalue weighted by atomic mass is 10.1. The molecule has 1 saturated heterocycles. The molecule has 1 N–H and O–H groups in total. The Labute approximate surface area is 110 Å². The summed E-state index contributed by atoms with van der Waals surface area (Å²) in [5.74, 6) is 0.945. The Kier molecular flexibility index (Phi) is 3.13. The number of hydrogen-bond acceptors (Lipinski definition) is 6. The molecule has 0 amide bonds. The summed E-state index contributed by atoms with van der Waals surface area (Å²) in [5, 5.41) is 4.64. The number of nitrogens with one attached hydrogen (secondary N) is 1. The van der Waals surface area contributed by atoms with Gasteiger partial charge in [-0.1, -0.05) is 0 Å². The molecule has 0 radical (unpaired) electrons. The van der Waals surface area contributed by atoms with Gasteiger partial charge in [0.15, 0.2) is 0 Å². The van der Waals surface area contributed by atoms with E-state index in [1.54, 1.807) is 6.33 Å². The van der Waals surface area contributed by atoms with E-state index in [4.69, 9.17) is 0 Å². The van der Waals surface area contributed by atoms with Crippen LogP contribution in [-0.2, 0) is 0 Å². The maximum absolute atomic E-state index is 4.38. The summed E-state index contributed by atoms with van der Waals surface area (Å²) < 4.78 is 4.35. The lowest BCUT2D eigenvalue weighted by molar-refractivity contribution is 0.264. The number of rotatable bonds is 2. The Morgan fingerprint density at radius 2 is 2.11 bits per heavy atom. The number of nitrogens with zero attached hydrogens (tertiary/aromatic N) is 4. The molecule has 0 atom stereocenters. The van der Waals surface area contributed by atoms with Crippen molar-refractivity contribution in [3.63, 3.8) is 0 Å². The van der Waals surface area contributed by atoms with Crippen molar-refractivity contribution in [2.45, 2.75) is 25.8 Å². The molecular formula is C12H17N5S. The standard InChI is InChI=1S/C12H17N5S/c1-8-10-11(13-7-14-12(10)18-16-8)15-9-3-5-17(2)6-4-9/h7,9H,3-6H2,1-2H3,(H,13,14,15). The second-order valence-electron chi connectivity index (χ2n) is 4.89. The molecule has 1 aliphatic rings. The fraction of sp³-hybridized carbons (Fsp3) is 0.583.